The van der Waals surface area contributed by atoms with Gasteiger partial charge in [-0.3, -0.25) is 14.6 Å². The lowest BCUT2D eigenvalue weighted by Gasteiger charge is -2.13. The number of unbranched alkanes of at least 4 members (excludes halogenated alkanes) is 5. The van der Waals surface area contributed by atoms with Gasteiger partial charge in [-0.1, -0.05) is 81.2 Å². The third kappa shape index (κ3) is 8.49. The second kappa shape index (κ2) is 14.7. The zero-order valence-electron chi connectivity index (χ0n) is 20.0. The summed E-state index contributed by atoms with van der Waals surface area (Å²) in [5.41, 5.74) is 7.13. The molecule has 0 atom stereocenters. The molecular formula is C29H35N3O2. The monoisotopic (exact) mass is 457 g/mol. The van der Waals surface area contributed by atoms with Crippen LogP contribution in [0.5, 0.6) is 0 Å². The maximum Gasteiger partial charge on any atom is 0.276 e. The van der Waals surface area contributed by atoms with Gasteiger partial charge in [0.1, 0.15) is 6.61 Å². The molecular weight excluding hydrogens is 422 g/mol. The van der Waals surface area contributed by atoms with Gasteiger partial charge in [0, 0.05) is 24.6 Å². The van der Waals surface area contributed by atoms with Gasteiger partial charge in [-0.15, -0.1) is 0 Å². The molecule has 0 aliphatic carbocycles. The van der Waals surface area contributed by atoms with E-state index in [2.05, 4.69) is 40.9 Å². The number of nitrogens with zero attached hydrogens (tertiary/aromatic N) is 1. The van der Waals surface area contributed by atoms with E-state index in [-0.39, 0.29) is 5.91 Å². The van der Waals surface area contributed by atoms with E-state index in [9.17, 15) is 4.79 Å². The van der Waals surface area contributed by atoms with Crippen LogP contribution >= 0.6 is 0 Å². The summed E-state index contributed by atoms with van der Waals surface area (Å²) in [6.07, 6.45) is 15.4. The molecule has 3 aromatic rings. The number of benzene rings is 2. The van der Waals surface area contributed by atoms with Crippen LogP contribution in [0.1, 0.15) is 72.5 Å². The van der Waals surface area contributed by atoms with Crippen LogP contribution in [-0.2, 0) is 18.0 Å². The van der Waals surface area contributed by atoms with Crippen molar-refractivity contribution in [2.75, 3.05) is 5.32 Å². The van der Waals surface area contributed by atoms with Gasteiger partial charge in [0.2, 0.25) is 0 Å². The van der Waals surface area contributed by atoms with Crippen molar-refractivity contribution in [1.82, 2.24) is 10.5 Å². The van der Waals surface area contributed by atoms with Crippen LogP contribution in [-0.4, -0.2) is 10.9 Å². The number of hydrogen-bond acceptors (Lipinski definition) is 4. The lowest BCUT2D eigenvalue weighted by molar-refractivity contribution is 0.0233. The van der Waals surface area contributed by atoms with E-state index in [1.807, 2.05) is 48.5 Å². The number of pyridine rings is 1. The SMILES string of the molecule is CCCCCCCC=Cc1ccccc1CONC(=O)c1ccccc1NCc1ccncc1. The van der Waals surface area contributed by atoms with Gasteiger partial charge < -0.3 is 5.32 Å². The zero-order valence-corrected chi connectivity index (χ0v) is 20.0. The molecule has 5 nitrogen and oxygen atoms in total. The first-order chi connectivity index (χ1) is 16.8. The molecule has 1 heterocycles. The van der Waals surface area contributed by atoms with E-state index in [4.69, 9.17) is 4.84 Å². The van der Waals surface area contributed by atoms with Crippen molar-refractivity contribution in [3.8, 4) is 0 Å². The molecule has 178 valence electrons. The van der Waals surface area contributed by atoms with E-state index in [0.717, 1.165) is 28.8 Å². The summed E-state index contributed by atoms with van der Waals surface area (Å²) in [5, 5.41) is 3.32. The molecule has 34 heavy (non-hydrogen) atoms. The Balaban J connectivity index is 1.50. The molecule has 0 bridgehead atoms. The number of amides is 1. The Labute approximate surface area is 203 Å². The lowest BCUT2D eigenvalue weighted by atomic mass is 10.1. The molecule has 1 amide bonds. The Morgan fingerprint density at radius 3 is 2.56 bits per heavy atom. The number of carbonyl (C=O) groups excluding carboxylic acids is 1. The number of allylic oxidation sites excluding steroid dienone is 1. The van der Waals surface area contributed by atoms with Crippen LogP contribution in [0, 0.1) is 0 Å². The summed E-state index contributed by atoms with van der Waals surface area (Å²) < 4.78 is 0. The smallest absolute Gasteiger partial charge is 0.276 e. The molecule has 5 heteroatoms. The molecule has 0 saturated heterocycles. The fourth-order valence-corrected chi connectivity index (χ4v) is 3.67. The third-order valence-corrected chi connectivity index (χ3v) is 5.62. The Hall–Kier alpha value is -3.44. The van der Waals surface area contributed by atoms with Crippen LogP contribution in [0.3, 0.4) is 0 Å². The molecule has 3 rings (SSSR count). The summed E-state index contributed by atoms with van der Waals surface area (Å²) in [7, 11) is 0. The van der Waals surface area contributed by atoms with Crippen LogP contribution < -0.4 is 10.8 Å². The van der Waals surface area contributed by atoms with Gasteiger partial charge in [-0.25, -0.2) is 5.48 Å². The maximum absolute atomic E-state index is 12.8. The number of hydroxylamine groups is 1. The minimum absolute atomic E-state index is 0.280. The highest BCUT2D eigenvalue weighted by Gasteiger charge is 2.11. The Morgan fingerprint density at radius 2 is 1.71 bits per heavy atom. The summed E-state index contributed by atoms with van der Waals surface area (Å²) >= 11 is 0. The minimum atomic E-state index is -0.280. The van der Waals surface area contributed by atoms with E-state index in [1.165, 1.54) is 32.1 Å². The van der Waals surface area contributed by atoms with Crippen molar-refractivity contribution in [3.63, 3.8) is 0 Å². The van der Waals surface area contributed by atoms with Gasteiger partial charge in [0.15, 0.2) is 0 Å². The largest absolute Gasteiger partial charge is 0.380 e. The second-order valence-electron chi connectivity index (χ2n) is 8.28. The fourth-order valence-electron chi connectivity index (χ4n) is 3.67. The number of hydrogen-bond donors (Lipinski definition) is 2. The Bertz CT molecular complexity index is 1030. The van der Waals surface area contributed by atoms with Gasteiger partial charge in [-0.05, 0) is 53.8 Å². The van der Waals surface area contributed by atoms with Crippen molar-refractivity contribution in [2.45, 2.75) is 58.6 Å². The molecule has 2 aromatic carbocycles. The average molecular weight is 458 g/mol. The number of para-hydroxylation sites is 1. The Kier molecular flexibility index (Phi) is 10.9. The molecule has 0 aliphatic heterocycles. The average Bonchev–Trinajstić information content (AvgIpc) is 2.88. The van der Waals surface area contributed by atoms with Crippen LogP contribution in [0.15, 0.2) is 79.1 Å². The van der Waals surface area contributed by atoms with Gasteiger partial charge in [-0.2, -0.15) is 0 Å². The van der Waals surface area contributed by atoms with E-state index >= 15 is 0 Å². The Morgan fingerprint density at radius 1 is 0.941 bits per heavy atom. The highest BCUT2D eigenvalue weighted by molar-refractivity contribution is 5.99. The molecule has 0 fully saturated rings. The first-order valence-corrected chi connectivity index (χ1v) is 12.2. The van der Waals surface area contributed by atoms with Crippen molar-refractivity contribution in [2.24, 2.45) is 0 Å². The predicted octanol–water partition coefficient (Wildman–Crippen LogP) is 6.93. The number of nitrogens with one attached hydrogen (secondary N) is 2. The zero-order chi connectivity index (χ0) is 23.8. The first-order valence-electron chi connectivity index (χ1n) is 12.2. The van der Waals surface area contributed by atoms with Gasteiger partial charge in [0.25, 0.3) is 5.91 Å². The first kappa shape index (κ1) is 25.2. The summed E-state index contributed by atoms with van der Waals surface area (Å²) in [5.74, 6) is -0.280. The molecule has 0 aliphatic rings. The number of anilines is 1. The highest BCUT2D eigenvalue weighted by atomic mass is 16.6. The van der Waals surface area contributed by atoms with Crippen LogP contribution in [0.25, 0.3) is 6.08 Å². The topological polar surface area (TPSA) is 63.2 Å². The normalized spacial score (nSPS) is 11.0. The summed E-state index contributed by atoms with van der Waals surface area (Å²) in [6, 6.07) is 19.4. The summed E-state index contributed by atoms with van der Waals surface area (Å²) in [4.78, 5) is 22.4. The maximum atomic E-state index is 12.8. The van der Waals surface area contributed by atoms with Crippen LogP contribution in [0.2, 0.25) is 0 Å². The van der Waals surface area contributed by atoms with E-state index < -0.39 is 0 Å². The fraction of sp³-hybridized carbons (Fsp3) is 0.310. The molecule has 2 N–H and O–H groups in total. The van der Waals surface area contributed by atoms with Crippen LogP contribution in [0.4, 0.5) is 5.69 Å². The molecule has 0 saturated carbocycles. The lowest BCUT2D eigenvalue weighted by Crippen LogP contribution is -2.24. The van der Waals surface area contributed by atoms with Crippen molar-refractivity contribution < 1.29 is 9.63 Å². The molecule has 1 aromatic heterocycles. The van der Waals surface area contributed by atoms with E-state index in [1.54, 1.807) is 18.5 Å². The quantitative estimate of drug-likeness (QED) is 0.203. The van der Waals surface area contributed by atoms with Crippen molar-refractivity contribution in [1.29, 1.82) is 0 Å². The van der Waals surface area contributed by atoms with Crippen molar-refractivity contribution >= 4 is 17.7 Å². The summed E-state index contributed by atoms with van der Waals surface area (Å²) in [6.45, 7) is 3.14. The molecule has 0 spiro atoms. The standard InChI is InChI=1S/C29H35N3O2/c1-2-3-4-5-6-7-8-13-25-14-9-10-15-26(25)23-34-32-29(33)27-16-11-12-17-28(27)31-22-24-18-20-30-21-19-24/h8-21,31H,2-7,22-23H2,1H3,(H,32,33). The minimum Gasteiger partial charge on any atom is -0.380 e. The van der Waals surface area contributed by atoms with Gasteiger partial charge >= 0.3 is 0 Å². The predicted molar refractivity (Wildman–Crippen MR) is 139 cm³/mol. The molecule has 0 radical (unpaired) electrons. The molecule has 0 unspecified atom stereocenters. The highest BCUT2D eigenvalue weighted by Crippen LogP contribution is 2.17. The number of carbonyl (C=O) groups is 1. The van der Waals surface area contributed by atoms with Gasteiger partial charge in [0.05, 0.1) is 5.56 Å². The second-order valence-corrected chi connectivity index (χ2v) is 8.28. The van der Waals surface area contributed by atoms with E-state index in [0.29, 0.717) is 18.7 Å². The number of rotatable bonds is 14. The number of aromatic nitrogens is 1. The third-order valence-electron chi connectivity index (χ3n) is 5.62. The van der Waals surface area contributed by atoms with Crippen molar-refractivity contribution in [3.05, 3.63) is 101 Å².